The van der Waals surface area contributed by atoms with Crippen molar-refractivity contribution in [2.45, 2.75) is 6.04 Å². The Morgan fingerprint density at radius 1 is 1.33 bits per heavy atom. The molecule has 2 heterocycles. The van der Waals surface area contributed by atoms with Crippen LogP contribution in [0.3, 0.4) is 0 Å². The monoisotopic (exact) mass is 283 g/mol. The highest BCUT2D eigenvalue weighted by atomic mass is 79.9. The molecule has 0 aliphatic rings. The van der Waals surface area contributed by atoms with Crippen molar-refractivity contribution < 1.29 is 0 Å². The molecule has 0 spiro atoms. The van der Waals surface area contributed by atoms with Gasteiger partial charge in [0.2, 0.25) is 0 Å². The number of nitrogens with zero attached hydrogens (tertiary/aromatic N) is 1. The van der Waals surface area contributed by atoms with Gasteiger partial charge in [0.1, 0.15) is 5.82 Å². The van der Waals surface area contributed by atoms with Crippen molar-refractivity contribution in [3.63, 3.8) is 0 Å². The summed E-state index contributed by atoms with van der Waals surface area (Å²) in [6.45, 7) is 0. The molecule has 4 N–H and O–H groups in total. The Kier molecular flexibility index (Phi) is 3.04. The highest BCUT2D eigenvalue weighted by Gasteiger charge is 2.13. The Bertz CT molecular complexity index is 469. The van der Waals surface area contributed by atoms with Crippen LogP contribution in [0.5, 0.6) is 0 Å². The van der Waals surface area contributed by atoms with Gasteiger partial charge in [-0.1, -0.05) is 6.07 Å². The molecule has 0 amide bonds. The van der Waals surface area contributed by atoms with E-state index in [0.717, 1.165) is 14.2 Å². The molecule has 0 saturated heterocycles. The first-order chi connectivity index (χ1) is 7.18. The second kappa shape index (κ2) is 4.30. The van der Waals surface area contributed by atoms with Gasteiger partial charge in [0.05, 0.1) is 9.83 Å². The Morgan fingerprint density at radius 3 is 2.73 bits per heavy atom. The van der Waals surface area contributed by atoms with E-state index in [2.05, 4.69) is 20.9 Å². The molecule has 0 aromatic carbocycles. The van der Waals surface area contributed by atoms with Crippen molar-refractivity contribution in [2.24, 2.45) is 5.73 Å². The lowest BCUT2D eigenvalue weighted by molar-refractivity contribution is 0.889. The summed E-state index contributed by atoms with van der Waals surface area (Å²) < 4.78 is 1.07. The Morgan fingerprint density at radius 2 is 2.13 bits per heavy atom. The number of anilines is 1. The van der Waals surface area contributed by atoms with E-state index < -0.39 is 0 Å². The summed E-state index contributed by atoms with van der Waals surface area (Å²) in [4.78, 5) is 5.09. The maximum absolute atomic E-state index is 6.10. The van der Waals surface area contributed by atoms with Gasteiger partial charge in [0.25, 0.3) is 0 Å². The van der Waals surface area contributed by atoms with Crippen LogP contribution in [0.2, 0.25) is 0 Å². The van der Waals surface area contributed by atoms with E-state index in [1.54, 1.807) is 17.5 Å². The van der Waals surface area contributed by atoms with Crippen molar-refractivity contribution >= 4 is 33.1 Å². The molecule has 1 unspecified atom stereocenters. The lowest BCUT2D eigenvalue weighted by Gasteiger charge is -2.11. The molecule has 5 heteroatoms. The smallest absolute Gasteiger partial charge is 0.128 e. The van der Waals surface area contributed by atoms with Gasteiger partial charge in [0.15, 0.2) is 0 Å². The summed E-state index contributed by atoms with van der Waals surface area (Å²) >= 11 is 5.02. The third-order valence-corrected chi connectivity index (χ3v) is 3.81. The molecule has 0 fully saturated rings. The number of hydrogen-bond donors (Lipinski definition) is 2. The lowest BCUT2D eigenvalue weighted by Crippen LogP contribution is -2.13. The van der Waals surface area contributed by atoms with Crippen LogP contribution in [-0.4, -0.2) is 4.98 Å². The molecular formula is C10H10BrN3S. The summed E-state index contributed by atoms with van der Waals surface area (Å²) in [6, 6.07) is 7.52. The number of nitrogens with two attached hydrogens (primary N) is 2. The molecule has 2 rings (SSSR count). The van der Waals surface area contributed by atoms with Crippen molar-refractivity contribution in [3.05, 3.63) is 44.7 Å². The molecule has 0 aliphatic carbocycles. The number of rotatable bonds is 2. The van der Waals surface area contributed by atoms with Gasteiger partial charge in [-0.15, -0.1) is 11.3 Å². The summed E-state index contributed by atoms with van der Waals surface area (Å²) in [6.07, 6.45) is 1.66. The van der Waals surface area contributed by atoms with Crippen molar-refractivity contribution in [1.82, 2.24) is 4.98 Å². The molecule has 2 aromatic heterocycles. The average molecular weight is 284 g/mol. The number of thiophene rings is 1. The minimum absolute atomic E-state index is 0.199. The fourth-order valence-electron chi connectivity index (χ4n) is 1.34. The standard InChI is InChI=1S/C10H10BrN3S/c11-8-4-3-7(15-8)9(12)6-2-1-5-14-10(6)13/h1-5,9H,12H2,(H2,13,14). The van der Waals surface area contributed by atoms with Gasteiger partial charge in [0, 0.05) is 16.6 Å². The van der Waals surface area contributed by atoms with Crippen molar-refractivity contribution in [2.75, 3.05) is 5.73 Å². The van der Waals surface area contributed by atoms with E-state index in [-0.39, 0.29) is 6.04 Å². The predicted molar refractivity (Wildman–Crippen MR) is 66.7 cm³/mol. The number of aromatic nitrogens is 1. The van der Waals surface area contributed by atoms with Gasteiger partial charge < -0.3 is 11.5 Å². The van der Waals surface area contributed by atoms with E-state index in [0.29, 0.717) is 5.82 Å². The van der Waals surface area contributed by atoms with Crippen molar-refractivity contribution in [1.29, 1.82) is 0 Å². The minimum atomic E-state index is -0.199. The van der Waals surface area contributed by atoms with Crippen molar-refractivity contribution in [3.8, 4) is 0 Å². The van der Waals surface area contributed by atoms with Gasteiger partial charge in [-0.25, -0.2) is 4.98 Å². The minimum Gasteiger partial charge on any atom is -0.383 e. The first-order valence-corrected chi connectivity index (χ1v) is 6.00. The van der Waals surface area contributed by atoms with Gasteiger partial charge in [-0.3, -0.25) is 0 Å². The zero-order valence-electron chi connectivity index (χ0n) is 7.85. The van der Waals surface area contributed by atoms with E-state index in [1.165, 1.54) is 0 Å². The highest BCUT2D eigenvalue weighted by Crippen LogP contribution is 2.31. The first kappa shape index (κ1) is 10.6. The largest absolute Gasteiger partial charge is 0.383 e. The van der Waals surface area contributed by atoms with Crippen LogP contribution in [0, 0.1) is 0 Å². The summed E-state index contributed by atoms with van der Waals surface area (Å²) in [7, 11) is 0. The average Bonchev–Trinajstić information content (AvgIpc) is 2.65. The third kappa shape index (κ3) is 2.19. The number of nitrogen functional groups attached to an aromatic ring is 1. The maximum atomic E-state index is 6.10. The van der Waals surface area contributed by atoms with Gasteiger partial charge in [-0.05, 0) is 34.1 Å². The molecule has 0 radical (unpaired) electrons. The van der Waals surface area contributed by atoms with Crippen LogP contribution >= 0.6 is 27.3 Å². The van der Waals surface area contributed by atoms with Gasteiger partial charge in [-0.2, -0.15) is 0 Å². The molecule has 1 atom stereocenters. The van der Waals surface area contributed by atoms with Crippen LogP contribution in [0.4, 0.5) is 5.82 Å². The fraction of sp³-hybridized carbons (Fsp3) is 0.100. The number of pyridine rings is 1. The lowest BCUT2D eigenvalue weighted by atomic mass is 10.1. The molecule has 15 heavy (non-hydrogen) atoms. The highest BCUT2D eigenvalue weighted by molar-refractivity contribution is 9.11. The summed E-state index contributed by atoms with van der Waals surface area (Å²) in [5.41, 5.74) is 12.7. The maximum Gasteiger partial charge on any atom is 0.128 e. The van der Waals surface area contributed by atoms with E-state index in [9.17, 15) is 0 Å². The topological polar surface area (TPSA) is 64.9 Å². The van der Waals surface area contributed by atoms with E-state index in [1.807, 2.05) is 24.3 Å². The quantitative estimate of drug-likeness (QED) is 0.890. The Labute approximate surface area is 100 Å². The normalized spacial score (nSPS) is 12.7. The zero-order chi connectivity index (χ0) is 10.8. The molecule has 0 aliphatic heterocycles. The van der Waals surface area contributed by atoms with Crippen LogP contribution in [0.15, 0.2) is 34.2 Å². The molecule has 0 bridgehead atoms. The van der Waals surface area contributed by atoms with E-state index >= 15 is 0 Å². The number of hydrogen-bond acceptors (Lipinski definition) is 4. The van der Waals surface area contributed by atoms with Crippen LogP contribution < -0.4 is 11.5 Å². The Hall–Kier alpha value is -0.910. The molecule has 3 nitrogen and oxygen atoms in total. The van der Waals surface area contributed by atoms with Crippen LogP contribution in [-0.2, 0) is 0 Å². The third-order valence-electron chi connectivity index (χ3n) is 2.11. The zero-order valence-corrected chi connectivity index (χ0v) is 10.3. The molecule has 78 valence electrons. The molecular weight excluding hydrogens is 274 g/mol. The first-order valence-electron chi connectivity index (χ1n) is 4.39. The summed E-state index contributed by atoms with van der Waals surface area (Å²) in [5.74, 6) is 0.495. The number of halogens is 1. The van der Waals surface area contributed by atoms with Crippen LogP contribution in [0.25, 0.3) is 0 Å². The predicted octanol–water partition coefficient (Wildman–Crippen LogP) is 2.54. The molecule has 0 saturated carbocycles. The summed E-state index contributed by atoms with van der Waals surface area (Å²) in [5, 5.41) is 0. The van der Waals surface area contributed by atoms with Gasteiger partial charge >= 0.3 is 0 Å². The van der Waals surface area contributed by atoms with E-state index in [4.69, 9.17) is 11.5 Å². The second-order valence-corrected chi connectivity index (χ2v) is 5.59. The fourth-order valence-corrected chi connectivity index (χ4v) is 2.79. The second-order valence-electron chi connectivity index (χ2n) is 3.10. The van der Waals surface area contributed by atoms with Crippen LogP contribution in [0.1, 0.15) is 16.5 Å². The molecule has 2 aromatic rings. The Balaban J connectivity index is 2.36. The SMILES string of the molecule is Nc1ncccc1C(N)c1ccc(Br)s1.